The van der Waals surface area contributed by atoms with Crippen LogP contribution >= 0.6 is 0 Å². The van der Waals surface area contributed by atoms with Gasteiger partial charge in [0.05, 0.1) is 4.90 Å². The first-order valence-electron chi connectivity index (χ1n) is 6.64. The lowest BCUT2D eigenvalue weighted by Gasteiger charge is -2.18. The van der Waals surface area contributed by atoms with Gasteiger partial charge in [0.2, 0.25) is 10.0 Å². The van der Waals surface area contributed by atoms with Gasteiger partial charge in [0, 0.05) is 12.6 Å². The fourth-order valence-electron chi connectivity index (χ4n) is 2.66. The maximum atomic E-state index is 12.3. The zero-order valence-corrected chi connectivity index (χ0v) is 12.3. The number of hydrogen-bond acceptors (Lipinski definition) is 3. The summed E-state index contributed by atoms with van der Waals surface area (Å²) in [4.78, 5) is 0.306. The number of sulfonamides is 1. The second kappa shape index (κ2) is 5.23. The molecule has 19 heavy (non-hydrogen) atoms. The van der Waals surface area contributed by atoms with E-state index in [0.29, 0.717) is 11.4 Å². The maximum Gasteiger partial charge on any atom is 0.240 e. The van der Waals surface area contributed by atoms with Gasteiger partial charge in [0.25, 0.3) is 0 Å². The summed E-state index contributed by atoms with van der Waals surface area (Å²) < 4.78 is 27.4. The lowest BCUT2D eigenvalue weighted by Crippen LogP contribution is -2.33. The van der Waals surface area contributed by atoms with Crippen molar-refractivity contribution >= 4 is 10.0 Å². The normalized spacial score (nSPS) is 22.6. The SMILES string of the molecule is CC1(C)CCC(NS(=O)(=O)c2cccc(CN)c2)C1. The summed E-state index contributed by atoms with van der Waals surface area (Å²) in [5, 5.41) is 0. The predicted molar refractivity (Wildman–Crippen MR) is 76.1 cm³/mol. The number of rotatable bonds is 4. The molecule has 2 rings (SSSR count). The van der Waals surface area contributed by atoms with Crippen LogP contribution in [0.25, 0.3) is 0 Å². The highest BCUT2D eigenvalue weighted by Crippen LogP contribution is 2.37. The van der Waals surface area contributed by atoms with Gasteiger partial charge >= 0.3 is 0 Å². The second-order valence-electron chi connectivity index (χ2n) is 6.08. The van der Waals surface area contributed by atoms with Crippen molar-refractivity contribution in [1.82, 2.24) is 4.72 Å². The van der Waals surface area contributed by atoms with Gasteiger partial charge in [-0.1, -0.05) is 26.0 Å². The van der Waals surface area contributed by atoms with Gasteiger partial charge < -0.3 is 5.73 Å². The Kier molecular flexibility index (Phi) is 3.99. The van der Waals surface area contributed by atoms with Crippen molar-refractivity contribution < 1.29 is 8.42 Å². The molecule has 5 heteroatoms. The summed E-state index contributed by atoms with van der Waals surface area (Å²) >= 11 is 0. The Morgan fingerprint density at radius 3 is 2.74 bits per heavy atom. The van der Waals surface area contributed by atoms with Crippen LogP contribution in [-0.4, -0.2) is 14.5 Å². The molecule has 0 aromatic heterocycles. The molecule has 0 amide bonds. The van der Waals surface area contributed by atoms with Crippen LogP contribution in [0.5, 0.6) is 0 Å². The first kappa shape index (κ1) is 14.5. The minimum absolute atomic E-state index is 0.0431. The Hall–Kier alpha value is -0.910. The predicted octanol–water partition coefficient (Wildman–Crippen LogP) is 2.00. The molecule has 1 saturated carbocycles. The highest BCUT2D eigenvalue weighted by atomic mass is 32.2. The van der Waals surface area contributed by atoms with E-state index in [4.69, 9.17) is 5.73 Å². The van der Waals surface area contributed by atoms with E-state index in [1.54, 1.807) is 18.2 Å². The summed E-state index contributed by atoms with van der Waals surface area (Å²) in [6, 6.07) is 6.86. The molecule has 1 atom stereocenters. The van der Waals surface area contributed by atoms with Gasteiger partial charge in [0.15, 0.2) is 0 Å². The number of nitrogens with one attached hydrogen (secondary N) is 1. The topological polar surface area (TPSA) is 72.2 Å². The monoisotopic (exact) mass is 282 g/mol. The molecule has 0 radical (unpaired) electrons. The van der Waals surface area contributed by atoms with Gasteiger partial charge in [-0.15, -0.1) is 0 Å². The van der Waals surface area contributed by atoms with Gasteiger partial charge in [-0.25, -0.2) is 13.1 Å². The van der Waals surface area contributed by atoms with Crippen LogP contribution in [0.1, 0.15) is 38.7 Å². The fraction of sp³-hybridized carbons (Fsp3) is 0.571. The summed E-state index contributed by atoms with van der Waals surface area (Å²) in [5.74, 6) is 0. The van der Waals surface area contributed by atoms with Crippen molar-refractivity contribution in [3.63, 3.8) is 0 Å². The van der Waals surface area contributed by atoms with E-state index in [0.717, 1.165) is 24.8 Å². The molecule has 1 aliphatic rings. The zero-order valence-electron chi connectivity index (χ0n) is 11.5. The molecule has 0 heterocycles. The van der Waals surface area contributed by atoms with Crippen molar-refractivity contribution in [2.24, 2.45) is 11.1 Å². The number of nitrogens with two attached hydrogens (primary N) is 1. The summed E-state index contributed by atoms with van der Waals surface area (Å²) in [7, 11) is -3.43. The van der Waals surface area contributed by atoms with Crippen molar-refractivity contribution in [3.05, 3.63) is 29.8 Å². The maximum absolute atomic E-state index is 12.3. The average Bonchev–Trinajstić information content (AvgIpc) is 2.68. The molecule has 0 spiro atoms. The quantitative estimate of drug-likeness (QED) is 0.887. The summed E-state index contributed by atoms with van der Waals surface area (Å²) in [6.07, 6.45) is 2.86. The van der Waals surface area contributed by atoms with Crippen LogP contribution in [0, 0.1) is 5.41 Å². The molecule has 0 bridgehead atoms. The van der Waals surface area contributed by atoms with Crippen LogP contribution in [-0.2, 0) is 16.6 Å². The Labute approximate surface area is 115 Å². The van der Waals surface area contributed by atoms with Gasteiger partial charge in [-0.3, -0.25) is 0 Å². The first-order valence-corrected chi connectivity index (χ1v) is 8.12. The van der Waals surface area contributed by atoms with Crippen LogP contribution in [0.15, 0.2) is 29.2 Å². The van der Waals surface area contributed by atoms with Crippen molar-refractivity contribution in [2.45, 2.75) is 50.6 Å². The Balaban J connectivity index is 2.14. The lowest BCUT2D eigenvalue weighted by atomic mass is 9.92. The molecule has 1 aromatic rings. The minimum atomic E-state index is -3.43. The molecule has 3 N–H and O–H groups in total. The smallest absolute Gasteiger partial charge is 0.240 e. The first-order chi connectivity index (χ1) is 8.82. The van der Waals surface area contributed by atoms with Crippen molar-refractivity contribution in [3.8, 4) is 0 Å². The lowest BCUT2D eigenvalue weighted by molar-refractivity contribution is 0.372. The Morgan fingerprint density at radius 1 is 1.42 bits per heavy atom. The van der Waals surface area contributed by atoms with Crippen LogP contribution in [0.2, 0.25) is 0 Å². The largest absolute Gasteiger partial charge is 0.326 e. The van der Waals surface area contributed by atoms with E-state index in [2.05, 4.69) is 18.6 Å². The molecular formula is C14H22N2O2S. The molecule has 0 saturated heterocycles. The third-order valence-corrected chi connectivity index (χ3v) is 5.25. The highest BCUT2D eigenvalue weighted by Gasteiger charge is 2.33. The zero-order chi connectivity index (χ0) is 14.1. The molecule has 106 valence electrons. The molecule has 4 nitrogen and oxygen atoms in total. The number of hydrogen-bond donors (Lipinski definition) is 2. The van der Waals surface area contributed by atoms with E-state index in [9.17, 15) is 8.42 Å². The van der Waals surface area contributed by atoms with E-state index >= 15 is 0 Å². The average molecular weight is 282 g/mol. The molecule has 1 unspecified atom stereocenters. The second-order valence-corrected chi connectivity index (χ2v) is 7.79. The molecule has 0 aliphatic heterocycles. The standard InChI is InChI=1S/C14H22N2O2S/c1-14(2)7-6-12(9-14)16-19(17,18)13-5-3-4-11(8-13)10-15/h3-5,8,12,16H,6-7,9-10,15H2,1-2H3. The van der Waals surface area contributed by atoms with Crippen molar-refractivity contribution in [1.29, 1.82) is 0 Å². The van der Waals surface area contributed by atoms with Gasteiger partial charge in [-0.2, -0.15) is 0 Å². The van der Waals surface area contributed by atoms with E-state index in [1.165, 1.54) is 0 Å². The van der Waals surface area contributed by atoms with E-state index < -0.39 is 10.0 Å². The minimum Gasteiger partial charge on any atom is -0.326 e. The third-order valence-electron chi connectivity index (χ3n) is 3.73. The van der Waals surface area contributed by atoms with Crippen LogP contribution in [0.3, 0.4) is 0 Å². The van der Waals surface area contributed by atoms with Crippen LogP contribution in [0.4, 0.5) is 0 Å². The van der Waals surface area contributed by atoms with Crippen molar-refractivity contribution in [2.75, 3.05) is 0 Å². The molecular weight excluding hydrogens is 260 g/mol. The third kappa shape index (κ3) is 3.55. The molecule has 1 aliphatic carbocycles. The van der Waals surface area contributed by atoms with Gasteiger partial charge in [-0.05, 0) is 42.4 Å². The van der Waals surface area contributed by atoms with Crippen LogP contribution < -0.4 is 10.5 Å². The highest BCUT2D eigenvalue weighted by molar-refractivity contribution is 7.89. The van der Waals surface area contributed by atoms with E-state index in [1.807, 2.05) is 6.07 Å². The fourth-order valence-corrected chi connectivity index (χ4v) is 4.00. The molecule has 1 aromatic carbocycles. The summed E-state index contributed by atoms with van der Waals surface area (Å²) in [6.45, 7) is 4.70. The Bertz CT molecular complexity index is 552. The summed E-state index contributed by atoms with van der Waals surface area (Å²) in [5.41, 5.74) is 6.60. The number of benzene rings is 1. The van der Waals surface area contributed by atoms with E-state index in [-0.39, 0.29) is 11.5 Å². The Morgan fingerprint density at radius 2 is 2.16 bits per heavy atom. The molecule has 1 fully saturated rings. The van der Waals surface area contributed by atoms with Gasteiger partial charge in [0.1, 0.15) is 0 Å².